The van der Waals surface area contributed by atoms with E-state index >= 15 is 0 Å². The van der Waals surface area contributed by atoms with Crippen LogP contribution in [-0.2, 0) is 0 Å². The fourth-order valence-corrected chi connectivity index (χ4v) is 1.86. The SMILES string of the molecule is N#CC1(NC(=O)NCC(F)(F)F)CCCCC1. The Hall–Kier alpha value is -1.45. The molecule has 4 nitrogen and oxygen atoms in total. The van der Waals surface area contributed by atoms with E-state index in [0.717, 1.165) is 19.3 Å². The molecule has 1 rings (SSSR count). The van der Waals surface area contributed by atoms with Crippen LogP contribution in [-0.4, -0.2) is 24.3 Å². The molecule has 0 bridgehead atoms. The van der Waals surface area contributed by atoms with Crippen LogP contribution in [0.5, 0.6) is 0 Å². The first-order valence-electron chi connectivity index (χ1n) is 5.41. The Balaban J connectivity index is 2.46. The molecule has 1 fully saturated rings. The van der Waals surface area contributed by atoms with Gasteiger partial charge < -0.3 is 10.6 Å². The van der Waals surface area contributed by atoms with Gasteiger partial charge in [0.1, 0.15) is 12.1 Å². The fraction of sp³-hybridized carbons (Fsp3) is 0.800. The predicted molar refractivity (Wildman–Crippen MR) is 54.0 cm³/mol. The molecular formula is C10H14F3N3O. The van der Waals surface area contributed by atoms with Crippen LogP contribution in [0.3, 0.4) is 0 Å². The molecule has 1 aliphatic carbocycles. The zero-order valence-corrected chi connectivity index (χ0v) is 9.23. The van der Waals surface area contributed by atoms with E-state index in [1.54, 1.807) is 5.32 Å². The van der Waals surface area contributed by atoms with Gasteiger partial charge in [-0.3, -0.25) is 0 Å². The standard InChI is InChI=1S/C10H14F3N3O/c11-10(12,13)7-15-8(17)16-9(6-14)4-2-1-3-5-9/h1-5,7H2,(H2,15,16,17). The second-order valence-corrected chi connectivity index (χ2v) is 4.18. The van der Waals surface area contributed by atoms with Gasteiger partial charge >= 0.3 is 12.2 Å². The Morgan fingerprint density at radius 2 is 1.88 bits per heavy atom. The van der Waals surface area contributed by atoms with Crippen molar-refractivity contribution in [3.05, 3.63) is 0 Å². The lowest BCUT2D eigenvalue weighted by molar-refractivity contribution is -0.122. The average Bonchev–Trinajstić information content (AvgIpc) is 2.27. The number of amides is 2. The molecule has 17 heavy (non-hydrogen) atoms. The van der Waals surface area contributed by atoms with Gasteiger partial charge in [0.15, 0.2) is 0 Å². The van der Waals surface area contributed by atoms with Gasteiger partial charge in [-0.2, -0.15) is 18.4 Å². The lowest BCUT2D eigenvalue weighted by Gasteiger charge is -2.31. The maximum atomic E-state index is 11.9. The van der Waals surface area contributed by atoms with E-state index in [4.69, 9.17) is 5.26 Å². The topological polar surface area (TPSA) is 64.9 Å². The van der Waals surface area contributed by atoms with Crippen molar-refractivity contribution in [2.75, 3.05) is 6.54 Å². The van der Waals surface area contributed by atoms with Crippen molar-refractivity contribution in [2.45, 2.75) is 43.8 Å². The molecule has 2 amide bonds. The first kappa shape index (κ1) is 13.6. The Kier molecular flexibility index (Phi) is 4.21. The van der Waals surface area contributed by atoms with Crippen molar-refractivity contribution in [1.29, 1.82) is 5.26 Å². The monoisotopic (exact) mass is 249 g/mol. The Bertz CT molecular complexity index is 316. The Morgan fingerprint density at radius 3 is 2.35 bits per heavy atom. The van der Waals surface area contributed by atoms with E-state index in [0.29, 0.717) is 12.8 Å². The van der Waals surface area contributed by atoms with Crippen LogP contribution < -0.4 is 10.6 Å². The highest BCUT2D eigenvalue weighted by molar-refractivity contribution is 5.75. The molecule has 0 aromatic carbocycles. The lowest BCUT2D eigenvalue weighted by atomic mass is 9.83. The normalized spacial score (nSPS) is 19.2. The summed E-state index contributed by atoms with van der Waals surface area (Å²) in [7, 11) is 0. The van der Waals surface area contributed by atoms with Crippen molar-refractivity contribution < 1.29 is 18.0 Å². The third-order valence-electron chi connectivity index (χ3n) is 2.72. The van der Waals surface area contributed by atoms with Gasteiger partial charge in [0, 0.05) is 0 Å². The largest absolute Gasteiger partial charge is 0.405 e. The molecule has 96 valence electrons. The smallest absolute Gasteiger partial charge is 0.329 e. The second kappa shape index (κ2) is 5.25. The summed E-state index contributed by atoms with van der Waals surface area (Å²) in [5.74, 6) is 0. The number of carbonyl (C=O) groups excluding carboxylic acids is 1. The summed E-state index contributed by atoms with van der Waals surface area (Å²) < 4.78 is 35.6. The van der Waals surface area contributed by atoms with Gasteiger partial charge in [-0.1, -0.05) is 19.3 Å². The molecule has 1 aliphatic rings. The molecule has 0 radical (unpaired) electrons. The molecule has 0 aromatic heterocycles. The van der Waals surface area contributed by atoms with E-state index in [1.165, 1.54) is 0 Å². The zero-order valence-electron chi connectivity index (χ0n) is 9.23. The number of alkyl halides is 3. The summed E-state index contributed by atoms with van der Waals surface area (Å²) in [6.45, 7) is -1.39. The minimum Gasteiger partial charge on any atom is -0.329 e. The highest BCUT2D eigenvalue weighted by Crippen LogP contribution is 2.27. The summed E-state index contributed by atoms with van der Waals surface area (Å²) in [5.41, 5.74) is -1.01. The number of nitriles is 1. The minimum absolute atomic E-state index is 0.489. The molecular weight excluding hydrogens is 235 g/mol. The van der Waals surface area contributed by atoms with E-state index in [-0.39, 0.29) is 0 Å². The van der Waals surface area contributed by atoms with E-state index < -0.39 is 24.3 Å². The summed E-state index contributed by atoms with van der Waals surface area (Å²) in [4.78, 5) is 11.2. The number of carbonyl (C=O) groups is 1. The highest BCUT2D eigenvalue weighted by Gasteiger charge is 2.34. The lowest BCUT2D eigenvalue weighted by Crippen LogP contribution is -2.53. The van der Waals surface area contributed by atoms with Gasteiger partial charge in [-0.15, -0.1) is 0 Å². The molecule has 0 saturated heterocycles. The molecule has 0 aliphatic heterocycles. The van der Waals surface area contributed by atoms with E-state index in [9.17, 15) is 18.0 Å². The van der Waals surface area contributed by atoms with Crippen LogP contribution in [0.1, 0.15) is 32.1 Å². The van der Waals surface area contributed by atoms with Crippen LogP contribution in [0.15, 0.2) is 0 Å². The molecule has 0 spiro atoms. The number of nitrogens with one attached hydrogen (secondary N) is 2. The Labute approximate surface area is 97.2 Å². The van der Waals surface area contributed by atoms with Gasteiger partial charge in [0.25, 0.3) is 0 Å². The first-order valence-corrected chi connectivity index (χ1v) is 5.41. The average molecular weight is 249 g/mol. The maximum absolute atomic E-state index is 11.9. The van der Waals surface area contributed by atoms with Crippen molar-refractivity contribution in [3.63, 3.8) is 0 Å². The third-order valence-corrected chi connectivity index (χ3v) is 2.72. The van der Waals surface area contributed by atoms with Gasteiger partial charge in [-0.05, 0) is 12.8 Å². The number of rotatable bonds is 2. The van der Waals surface area contributed by atoms with Crippen LogP contribution >= 0.6 is 0 Å². The molecule has 0 heterocycles. The number of hydrogen-bond donors (Lipinski definition) is 2. The van der Waals surface area contributed by atoms with Crippen molar-refractivity contribution in [1.82, 2.24) is 10.6 Å². The summed E-state index contributed by atoms with van der Waals surface area (Å²) >= 11 is 0. The second-order valence-electron chi connectivity index (χ2n) is 4.18. The zero-order chi connectivity index (χ0) is 12.9. The molecule has 0 atom stereocenters. The molecule has 7 heteroatoms. The van der Waals surface area contributed by atoms with Crippen LogP contribution in [0.2, 0.25) is 0 Å². The van der Waals surface area contributed by atoms with Gasteiger partial charge in [-0.25, -0.2) is 4.79 Å². The van der Waals surface area contributed by atoms with Crippen LogP contribution in [0, 0.1) is 11.3 Å². The number of nitrogens with zero attached hydrogens (tertiary/aromatic N) is 1. The minimum atomic E-state index is -4.44. The van der Waals surface area contributed by atoms with Gasteiger partial charge in [0.2, 0.25) is 0 Å². The van der Waals surface area contributed by atoms with E-state index in [1.807, 2.05) is 6.07 Å². The predicted octanol–water partition coefficient (Wildman–Crippen LogP) is 2.07. The van der Waals surface area contributed by atoms with Crippen molar-refractivity contribution in [3.8, 4) is 6.07 Å². The molecule has 0 aromatic rings. The van der Waals surface area contributed by atoms with E-state index in [2.05, 4.69) is 5.32 Å². The summed E-state index contributed by atoms with van der Waals surface area (Å²) in [6.07, 6.45) is -0.884. The Morgan fingerprint density at radius 1 is 1.29 bits per heavy atom. The summed E-state index contributed by atoms with van der Waals surface area (Å²) in [5, 5.41) is 13.1. The highest BCUT2D eigenvalue weighted by atomic mass is 19.4. The third kappa shape index (κ3) is 4.51. The first-order chi connectivity index (χ1) is 7.87. The van der Waals surface area contributed by atoms with Crippen LogP contribution in [0.25, 0.3) is 0 Å². The quantitative estimate of drug-likeness (QED) is 0.786. The number of halogens is 3. The molecule has 2 N–H and O–H groups in total. The number of urea groups is 1. The number of hydrogen-bond acceptors (Lipinski definition) is 2. The van der Waals surface area contributed by atoms with Crippen molar-refractivity contribution in [2.24, 2.45) is 0 Å². The maximum Gasteiger partial charge on any atom is 0.405 e. The molecule has 0 unspecified atom stereocenters. The van der Waals surface area contributed by atoms with Crippen LogP contribution in [0.4, 0.5) is 18.0 Å². The van der Waals surface area contributed by atoms with Crippen molar-refractivity contribution >= 4 is 6.03 Å². The fourth-order valence-electron chi connectivity index (χ4n) is 1.86. The van der Waals surface area contributed by atoms with Gasteiger partial charge in [0.05, 0.1) is 6.07 Å². The molecule has 1 saturated carbocycles. The summed E-state index contributed by atoms with van der Waals surface area (Å²) in [6, 6.07) is 1.05.